The highest BCUT2D eigenvalue weighted by atomic mass is 35.5. The van der Waals surface area contributed by atoms with Crippen LogP contribution in [0.1, 0.15) is 0 Å². The third-order valence-electron chi connectivity index (χ3n) is 2.04. The highest BCUT2D eigenvalue weighted by Gasteiger charge is 2.32. The number of halogens is 4. The van der Waals surface area contributed by atoms with E-state index in [1.807, 2.05) is 0 Å². The fourth-order valence-electron chi connectivity index (χ4n) is 1.39. The van der Waals surface area contributed by atoms with Crippen molar-refractivity contribution in [2.24, 2.45) is 0 Å². The molecule has 0 atom stereocenters. The maximum atomic E-state index is 12.2. The van der Waals surface area contributed by atoms with Gasteiger partial charge in [0.25, 0.3) is 0 Å². The number of hydrogen-bond acceptors (Lipinski definition) is 3. The van der Waals surface area contributed by atoms with Crippen LogP contribution < -0.4 is 4.74 Å². The molecule has 0 bridgehead atoms. The molecule has 3 nitrogen and oxygen atoms in total. The molecule has 0 unspecified atom stereocenters. The summed E-state index contributed by atoms with van der Waals surface area (Å²) in [6.45, 7) is 0. The second-order valence-electron chi connectivity index (χ2n) is 3.26. The average Bonchev–Trinajstić information content (AvgIpc) is 2.29. The SMILES string of the molecule is FC(F)(F)Oc1ccccc1-c1ncncc1Cl. The molecule has 7 heteroatoms. The molecule has 1 heterocycles. The molecule has 0 aliphatic rings. The Morgan fingerprint density at radius 3 is 2.56 bits per heavy atom. The Kier molecular flexibility index (Phi) is 3.38. The molecule has 0 aliphatic carbocycles. The molecule has 94 valence electrons. The minimum Gasteiger partial charge on any atom is -0.405 e. The summed E-state index contributed by atoms with van der Waals surface area (Å²) >= 11 is 5.84. The van der Waals surface area contributed by atoms with Crippen molar-refractivity contribution in [3.05, 3.63) is 41.8 Å². The van der Waals surface area contributed by atoms with Gasteiger partial charge in [0.1, 0.15) is 12.1 Å². The van der Waals surface area contributed by atoms with Crippen LogP contribution >= 0.6 is 11.6 Å². The highest BCUT2D eigenvalue weighted by molar-refractivity contribution is 6.32. The molecular weight excluding hydrogens is 269 g/mol. The lowest BCUT2D eigenvalue weighted by atomic mass is 10.1. The highest BCUT2D eigenvalue weighted by Crippen LogP contribution is 2.35. The number of rotatable bonds is 2. The number of para-hydroxylation sites is 1. The molecule has 0 amide bonds. The van der Waals surface area contributed by atoms with E-state index in [0.29, 0.717) is 0 Å². The van der Waals surface area contributed by atoms with Gasteiger partial charge in [-0.15, -0.1) is 13.2 Å². The fraction of sp³-hybridized carbons (Fsp3) is 0.0909. The molecule has 0 radical (unpaired) electrons. The Morgan fingerprint density at radius 2 is 1.89 bits per heavy atom. The lowest BCUT2D eigenvalue weighted by molar-refractivity contribution is -0.274. The maximum absolute atomic E-state index is 12.2. The molecular formula is C11H6ClF3N2O. The minimum atomic E-state index is -4.77. The van der Waals surface area contributed by atoms with Crippen molar-refractivity contribution in [2.45, 2.75) is 6.36 Å². The van der Waals surface area contributed by atoms with Crippen LogP contribution in [0.15, 0.2) is 36.8 Å². The van der Waals surface area contributed by atoms with Gasteiger partial charge in [-0.3, -0.25) is 0 Å². The zero-order valence-electron chi connectivity index (χ0n) is 8.78. The Bertz CT molecular complexity index is 560. The lowest BCUT2D eigenvalue weighted by Crippen LogP contribution is -2.17. The molecule has 0 spiro atoms. The molecule has 1 aromatic carbocycles. The number of benzene rings is 1. The number of nitrogens with zero attached hydrogens (tertiary/aromatic N) is 2. The quantitative estimate of drug-likeness (QED) is 0.837. The first kappa shape index (κ1) is 12.6. The summed E-state index contributed by atoms with van der Waals surface area (Å²) in [7, 11) is 0. The van der Waals surface area contributed by atoms with Gasteiger partial charge in [0.15, 0.2) is 0 Å². The Labute approximate surface area is 105 Å². The third-order valence-corrected chi connectivity index (χ3v) is 2.31. The van der Waals surface area contributed by atoms with Gasteiger partial charge in [0, 0.05) is 11.8 Å². The smallest absolute Gasteiger partial charge is 0.405 e. The van der Waals surface area contributed by atoms with Gasteiger partial charge in [-0.1, -0.05) is 23.7 Å². The predicted octanol–water partition coefficient (Wildman–Crippen LogP) is 3.70. The van der Waals surface area contributed by atoms with Crippen molar-refractivity contribution >= 4 is 11.6 Å². The summed E-state index contributed by atoms with van der Waals surface area (Å²) in [5.41, 5.74) is 0.341. The number of hydrogen-bond donors (Lipinski definition) is 0. The number of alkyl halides is 3. The zero-order valence-corrected chi connectivity index (χ0v) is 9.53. The maximum Gasteiger partial charge on any atom is 0.573 e. The van der Waals surface area contributed by atoms with Crippen LogP contribution in [0, 0.1) is 0 Å². The van der Waals surface area contributed by atoms with Crippen molar-refractivity contribution in [3.8, 4) is 17.0 Å². The summed E-state index contributed by atoms with van der Waals surface area (Å²) in [4.78, 5) is 7.52. The van der Waals surface area contributed by atoms with E-state index in [4.69, 9.17) is 11.6 Å². The molecule has 0 N–H and O–H groups in total. The number of ether oxygens (including phenoxy) is 1. The van der Waals surface area contributed by atoms with E-state index in [2.05, 4.69) is 14.7 Å². The first-order valence-corrected chi connectivity index (χ1v) is 5.16. The lowest BCUT2D eigenvalue weighted by Gasteiger charge is -2.13. The minimum absolute atomic E-state index is 0.149. The van der Waals surface area contributed by atoms with Crippen LogP contribution in [0.2, 0.25) is 5.02 Å². The van der Waals surface area contributed by atoms with Gasteiger partial charge >= 0.3 is 6.36 Å². The average molecular weight is 275 g/mol. The first-order valence-electron chi connectivity index (χ1n) is 4.78. The van der Waals surface area contributed by atoms with Crippen LogP contribution in [-0.2, 0) is 0 Å². The van der Waals surface area contributed by atoms with Crippen LogP contribution in [-0.4, -0.2) is 16.3 Å². The van der Waals surface area contributed by atoms with E-state index in [9.17, 15) is 13.2 Å². The van der Waals surface area contributed by atoms with E-state index in [1.165, 1.54) is 30.7 Å². The van der Waals surface area contributed by atoms with Gasteiger partial charge in [0.2, 0.25) is 0 Å². The molecule has 18 heavy (non-hydrogen) atoms. The molecule has 0 fully saturated rings. The largest absolute Gasteiger partial charge is 0.573 e. The van der Waals surface area contributed by atoms with Crippen molar-refractivity contribution < 1.29 is 17.9 Å². The monoisotopic (exact) mass is 274 g/mol. The second kappa shape index (κ2) is 4.81. The van der Waals surface area contributed by atoms with Crippen LogP contribution in [0.4, 0.5) is 13.2 Å². The van der Waals surface area contributed by atoms with Crippen molar-refractivity contribution in [1.29, 1.82) is 0 Å². The Morgan fingerprint density at radius 1 is 1.17 bits per heavy atom. The molecule has 0 aliphatic heterocycles. The van der Waals surface area contributed by atoms with Crippen molar-refractivity contribution in [3.63, 3.8) is 0 Å². The van der Waals surface area contributed by atoms with Gasteiger partial charge in [-0.25, -0.2) is 9.97 Å². The second-order valence-corrected chi connectivity index (χ2v) is 3.67. The van der Waals surface area contributed by atoms with Gasteiger partial charge < -0.3 is 4.74 Å². The van der Waals surface area contributed by atoms with Gasteiger partial charge in [-0.05, 0) is 12.1 Å². The molecule has 1 aromatic heterocycles. The van der Waals surface area contributed by atoms with Crippen LogP contribution in [0.25, 0.3) is 11.3 Å². The van der Waals surface area contributed by atoms with Gasteiger partial charge in [0.05, 0.1) is 10.7 Å². The third kappa shape index (κ3) is 2.89. The van der Waals surface area contributed by atoms with E-state index in [1.54, 1.807) is 6.07 Å². The summed E-state index contributed by atoms with van der Waals surface area (Å²) < 4.78 is 40.7. The predicted molar refractivity (Wildman–Crippen MR) is 59.2 cm³/mol. The number of aromatic nitrogens is 2. The summed E-state index contributed by atoms with van der Waals surface area (Å²) in [6, 6.07) is 5.63. The van der Waals surface area contributed by atoms with Crippen LogP contribution in [0.5, 0.6) is 5.75 Å². The molecule has 0 saturated carbocycles. The normalized spacial score (nSPS) is 11.3. The van der Waals surface area contributed by atoms with Crippen molar-refractivity contribution in [2.75, 3.05) is 0 Å². The van der Waals surface area contributed by atoms with Crippen molar-refractivity contribution in [1.82, 2.24) is 9.97 Å². The van der Waals surface area contributed by atoms with Crippen LogP contribution in [0.3, 0.4) is 0 Å². The zero-order chi connectivity index (χ0) is 13.2. The molecule has 2 rings (SSSR count). The van der Waals surface area contributed by atoms with E-state index >= 15 is 0 Å². The van der Waals surface area contributed by atoms with E-state index < -0.39 is 6.36 Å². The fourth-order valence-corrected chi connectivity index (χ4v) is 1.59. The summed E-state index contributed by atoms with van der Waals surface area (Å²) in [5.74, 6) is -0.356. The topological polar surface area (TPSA) is 35.0 Å². The standard InChI is InChI=1S/C11H6ClF3N2O/c12-8-5-16-6-17-10(8)7-3-1-2-4-9(7)18-11(13,14)15/h1-6H. The van der Waals surface area contributed by atoms with E-state index in [-0.39, 0.29) is 22.0 Å². The summed E-state index contributed by atoms with van der Waals surface area (Å²) in [6.07, 6.45) is -2.27. The summed E-state index contributed by atoms with van der Waals surface area (Å²) in [5, 5.41) is 0.149. The first-order chi connectivity index (χ1) is 8.47. The Balaban J connectivity index is 2.49. The molecule has 2 aromatic rings. The van der Waals surface area contributed by atoms with E-state index in [0.717, 1.165) is 0 Å². The Hall–Kier alpha value is -1.82. The molecule has 0 saturated heterocycles. The van der Waals surface area contributed by atoms with Gasteiger partial charge in [-0.2, -0.15) is 0 Å².